The van der Waals surface area contributed by atoms with E-state index >= 15 is 0 Å². The SMILES string of the molecule is CC(C)(C)OC(=O)NN1CC(C(=O)ON2C(=O)c3ccccc3C2=O)CC1=O. The standard InChI is InChI=1S/C18H19N3O7/c1-18(2,3)27-17(26)19-20-9-10(8-13(20)22)16(25)28-21-14(23)11-6-4-5-7-12(11)15(21)24/h4-7,10H,8-9H2,1-3H3,(H,19,26). The zero-order chi connectivity index (χ0) is 20.6. The molecule has 2 aliphatic rings. The fourth-order valence-corrected chi connectivity index (χ4v) is 2.80. The first kappa shape index (κ1) is 19.3. The molecule has 1 unspecified atom stereocenters. The minimum atomic E-state index is -0.952. The van der Waals surface area contributed by atoms with Crippen molar-refractivity contribution < 1.29 is 33.5 Å². The summed E-state index contributed by atoms with van der Waals surface area (Å²) >= 11 is 0. The highest BCUT2D eigenvalue weighted by atomic mass is 16.7. The Bertz CT molecular complexity index is 839. The van der Waals surface area contributed by atoms with Crippen LogP contribution in [0.1, 0.15) is 47.9 Å². The van der Waals surface area contributed by atoms with Crippen molar-refractivity contribution >= 4 is 29.8 Å². The number of fused-ring (bicyclic) bond motifs is 1. The second-order valence-corrected chi connectivity index (χ2v) is 7.38. The van der Waals surface area contributed by atoms with Gasteiger partial charge in [-0.05, 0) is 32.9 Å². The average Bonchev–Trinajstić information content (AvgIpc) is 3.07. The molecule has 4 amide bonds. The number of imide groups is 1. The van der Waals surface area contributed by atoms with Gasteiger partial charge >= 0.3 is 12.1 Å². The highest BCUT2D eigenvalue weighted by molar-refractivity contribution is 6.20. The fourth-order valence-electron chi connectivity index (χ4n) is 2.80. The molecule has 148 valence electrons. The van der Waals surface area contributed by atoms with Crippen molar-refractivity contribution in [2.24, 2.45) is 5.92 Å². The molecule has 1 aromatic carbocycles. The average molecular weight is 389 g/mol. The Morgan fingerprint density at radius 2 is 1.64 bits per heavy atom. The van der Waals surface area contributed by atoms with Crippen molar-refractivity contribution in [3.05, 3.63) is 35.4 Å². The molecule has 0 spiro atoms. The maximum atomic E-state index is 12.4. The van der Waals surface area contributed by atoms with Crippen LogP contribution < -0.4 is 5.43 Å². The monoisotopic (exact) mass is 389 g/mol. The maximum Gasteiger partial charge on any atom is 0.426 e. The number of hydrogen-bond acceptors (Lipinski definition) is 7. The van der Waals surface area contributed by atoms with Crippen molar-refractivity contribution in [3.8, 4) is 0 Å². The van der Waals surface area contributed by atoms with Crippen LogP contribution in [0.15, 0.2) is 24.3 Å². The van der Waals surface area contributed by atoms with E-state index in [1.165, 1.54) is 12.1 Å². The van der Waals surface area contributed by atoms with Crippen molar-refractivity contribution in [1.29, 1.82) is 0 Å². The van der Waals surface area contributed by atoms with Crippen LogP contribution in [0.4, 0.5) is 4.79 Å². The smallest absolute Gasteiger partial charge is 0.426 e. The Labute approximate surface area is 160 Å². The summed E-state index contributed by atoms with van der Waals surface area (Å²) in [7, 11) is 0. The van der Waals surface area contributed by atoms with E-state index in [2.05, 4.69) is 5.43 Å². The number of amides is 4. The largest absolute Gasteiger partial charge is 0.443 e. The molecule has 1 saturated heterocycles. The Hall–Kier alpha value is -3.43. The van der Waals surface area contributed by atoms with E-state index < -0.39 is 41.3 Å². The molecule has 0 radical (unpaired) electrons. The minimum absolute atomic E-state index is 0.135. The van der Waals surface area contributed by atoms with Crippen LogP contribution in [0.25, 0.3) is 0 Å². The van der Waals surface area contributed by atoms with Crippen LogP contribution >= 0.6 is 0 Å². The van der Waals surface area contributed by atoms with Crippen LogP contribution in [-0.4, -0.2) is 52.0 Å². The molecule has 0 bridgehead atoms. The second-order valence-electron chi connectivity index (χ2n) is 7.38. The van der Waals surface area contributed by atoms with Gasteiger partial charge in [0.1, 0.15) is 5.60 Å². The molecule has 0 aromatic heterocycles. The predicted octanol–water partition coefficient (Wildman–Crippen LogP) is 1.03. The third kappa shape index (κ3) is 3.80. The van der Waals surface area contributed by atoms with Crippen LogP contribution in [0.3, 0.4) is 0 Å². The first-order valence-corrected chi connectivity index (χ1v) is 8.56. The lowest BCUT2D eigenvalue weighted by molar-refractivity contribution is -0.173. The number of nitrogens with one attached hydrogen (secondary N) is 1. The second kappa shape index (κ2) is 6.95. The number of benzene rings is 1. The summed E-state index contributed by atoms with van der Waals surface area (Å²) in [4.78, 5) is 65.6. The van der Waals surface area contributed by atoms with Gasteiger partial charge in [-0.15, -0.1) is 0 Å². The number of rotatable bonds is 3. The molecule has 2 aliphatic heterocycles. The minimum Gasteiger partial charge on any atom is -0.443 e. The Balaban J connectivity index is 1.61. The van der Waals surface area contributed by atoms with Crippen LogP contribution in [-0.2, 0) is 19.2 Å². The number of carbonyl (C=O) groups excluding carboxylic acids is 5. The number of hydroxylamine groups is 2. The quantitative estimate of drug-likeness (QED) is 0.766. The summed E-state index contributed by atoms with van der Waals surface area (Å²) < 4.78 is 5.06. The van der Waals surface area contributed by atoms with E-state index in [9.17, 15) is 24.0 Å². The molecular weight excluding hydrogens is 370 g/mol. The molecule has 0 saturated carbocycles. The first-order valence-electron chi connectivity index (χ1n) is 8.56. The van der Waals surface area contributed by atoms with Crippen molar-refractivity contribution in [2.45, 2.75) is 32.8 Å². The Kier molecular flexibility index (Phi) is 4.80. The van der Waals surface area contributed by atoms with Gasteiger partial charge in [0, 0.05) is 6.42 Å². The third-order valence-corrected chi connectivity index (χ3v) is 4.02. The van der Waals surface area contributed by atoms with Crippen LogP contribution in [0, 0.1) is 5.92 Å². The Morgan fingerprint density at radius 1 is 1.07 bits per heavy atom. The molecule has 2 heterocycles. The van der Waals surface area contributed by atoms with Gasteiger partial charge in [-0.3, -0.25) is 19.4 Å². The number of ether oxygens (including phenoxy) is 1. The van der Waals surface area contributed by atoms with Gasteiger partial charge in [-0.1, -0.05) is 17.2 Å². The van der Waals surface area contributed by atoms with E-state index in [-0.39, 0.29) is 24.1 Å². The highest BCUT2D eigenvalue weighted by Crippen LogP contribution is 2.25. The van der Waals surface area contributed by atoms with Gasteiger partial charge in [-0.25, -0.2) is 15.0 Å². The van der Waals surface area contributed by atoms with E-state index in [4.69, 9.17) is 9.57 Å². The molecule has 10 nitrogen and oxygen atoms in total. The maximum absolute atomic E-state index is 12.4. The summed E-state index contributed by atoms with van der Waals surface area (Å²) in [6.07, 6.45) is -1.08. The van der Waals surface area contributed by atoms with Crippen molar-refractivity contribution in [2.75, 3.05) is 6.54 Å². The molecule has 1 fully saturated rings. The van der Waals surface area contributed by atoms with E-state index in [0.29, 0.717) is 5.06 Å². The number of hydrogen-bond donors (Lipinski definition) is 1. The topological polar surface area (TPSA) is 122 Å². The van der Waals surface area contributed by atoms with Crippen molar-refractivity contribution in [1.82, 2.24) is 15.5 Å². The van der Waals surface area contributed by atoms with Crippen molar-refractivity contribution in [3.63, 3.8) is 0 Å². The molecular formula is C18H19N3O7. The summed E-state index contributed by atoms with van der Waals surface area (Å²) in [6.45, 7) is 4.84. The summed E-state index contributed by atoms with van der Waals surface area (Å²) in [5, 5.41) is 1.34. The molecule has 1 aromatic rings. The highest BCUT2D eigenvalue weighted by Gasteiger charge is 2.43. The van der Waals surface area contributed by atoms with E-state index in [1.807, 2.05) is 0 Å². The van der Waals surface area contributed by atoms with E-state index in [0.717, 1.165) is 5.01 Å². The molecule has 3 rings (SSSR count). The Morgan fingerprint density at radius 3 is 2.18 bits per heavy atom. The van der Waals surface area contributed by atoms with Gasteiger partial charge in [0.25, 0.3) is 11.8 Å². The summed E-state index contributed by atoms with van der Waals surface area (Å²) in [5.41, 5.74) is 1.78. The predicted molar refractivity (Wildman–Crippen MR) is 92.2 cm³/mol. The lowest BCUT2D eigenvalue weighted by atomic mass is 10.1. The first-order chi connectivity index (χ1) is 13.1. The lowest BCUT2D eigenvalue weighted by Gasteiger charge is -2.23. The third-order valence-electron chi connectivity index (χ3n) is 4.02. The molecule has 10 heteroatoms. The lowest BCUT2D eigenvalue weighted by Crippen LogP contribution is -2.46. The molecule has 28 heavy (non-hydrogen) atoms. The number of nitrogens with zero attached hydrogens (tertiary/aromatic N) is 2. The summed E-state index contributed by atoms with van der Waals surface area (Å²) in [5.74, 6) is -3.89. The zero-order valence-electron chi connectivity index (χ0n) is 15.6. The zero-order valence-corrected chi connectivity index (χ0v) is 15.6. The van der Waals surface area contributed by atoms with Crippen LogP contribution in [0.5, 0.6) is 0 Å². The fraction of sp³-hybridized carbons (Fsp3) is 0.389. The van der Waals surface area contributed by atoms with Crippen LogP contribution in [0.2, 0.25) is 0 Å². The number of hydrazine groups is 1. The van der Waals surface area contributed by atoms with Gasteiger partial charge in [0.05, 0.1) is 23.6 Å². The molecule has 0 aliphatic carbocycles. The molecule has 1 atom stereocenters. The summed E-state index contributed by atoms with van der Waals surface area (Å²) in [6, 6.07) is 6.08. The normalized spacial score (nSPS) is 19.0. The molecule has 1 N–H and O–H groups in total. The van der Waals surface area contributed by atoms with Gasteiger partial charge in [0.15, 0.2) is 0 Å². The van der Waals surface area contributed by atoms with E-state index in [1.54, 1.807) is 32.9 Å². The van der Waals surface area contributed by atoms with Gasteiger partial charge in [-0.2, -0.15) is 0 Å². The van der Waals surface area contributed by atoms with Gasteiger partial charge in [0.2, 0.25) is 5.91 Å². The number of carbonyl (C=O) groups is 5. The van der Waals surface area contributed by atoms with Gasteiger partial charge < -0.3 is 9.57 Å².